The van der Waals surface area contributed by atoms with Gasteiger partial charge in [0.2, 0.25) is 0 Å². The smallest absolute Gasteiger partial charge is 0.312 e. The maximum absolute atomic E-state index is 11.8. The topological polar surface area (TPSA) is 26.3 Å². The van der Waals surface area contributed by atoms with Gasteiger partial charge in [0.15, 0.2) is 0 Å². The van der Waals surface area contributed by atoms with Crippen molar-refractivity contribution in [2.75, 3.05) is 0 Å². The van der Waals surface area contributed by atoms with E-state index in [0.717, 1.165) is 19.3 Å². The minimum Gasteiger partial charge on any atom is -0.458 e. The van der Waals surface area contributed by atoms with Gasteiger partial charge in [0, 0.05) is 3.92 Å². The molecule has 0 aromatic carbocycles. The maximum Gasteiger partial charge on any atom is 0.312 e. The van der Waals surface area contributed by atoms with Crippen molar-refractivity contribution >= 4 is 28.6 Å². The average molecular weight is 322 g/mol. The number of alkyl halides is 1. The van der Waals surface area contributed by atoms with Crippen LogP contribution in [0.3, 0.4) is 0 Å². The van der Waals surface area contributed by atoms with Crippen molar-refractivity contribution in [3.8, 4) is 0 Å². The Kier molecular flexibility index (Phi) is 4.62. The second-order valence-corrected chi connectivity index (χ2v) is 6.26. The molecule has 3 heteroatoms. The van der Waals surface area contributed by atoms with E-state index in [1.807, 2.05) is 26.8 Å². The quantitative estimate of drug-likeness (QED) is 0.344. The van der Waals surface area contributed by atoms with Gasteiger partial charge in [0.1, 0.15) is 6.10 Å². The number of ether oxygens (including phenoxy) is 1. The van der Waals surface area contributed by atoms with Crippen LogP contribution in [-0.4, -0.2) is 16.0 Å². The number of carbonyl (C=O) groups excluding carboxylic acids is 1. The first kappa shape index (κ1) is 13.0. The first-order valence-electron chi connectivity index (χ1n) is 5.49. The highest BCUT2D eigenvalue weighted by molar-refractivity contribution is 14.1. The molecule has 15 heavy (non-hydrogen) atoms. The van der Waals surface area contributed by atoms with Crippen molar-refractivity contribution in [1.29, 1.82) is 0 Å². The standard InChI is InChI=1S/C12H19IO2/c1-4-12(2,3)11(14)15-10-7-5-9(13)6-8-10/h5,7,9-10H,4,6,8H2,1-3H3. The largest absolute Gasteiger partial charge is 0.458 e. The maximum atomic E-state index is 11.8. The molecule has 1 aliphatic rings. The molecule has 1 aliphatic carbocycles. The Morgan fingerprint density at radius 1 is 1.47 bits per heavy atom. The molecule has 86 valence electrons. The highest BCUT2D eigenvalue weighted by Crippen LogP contribution is 2.26. The van der Waals surface area contributed by atoms with E-state index in [2.05, 4.69) is 28.7 Å². The molecule has 0 heterocycles. The summed E-state index contributed by atoms with van der Waals surface area (Å²) in [5.74, 6) is -0.0773. The van der Waals surface area contributed by atoms with Crippen molar-refractivity contribution in [3.05, 3.63) is 12.2 Å². The molecule has 2 atom stereocenters. The Balaban J connectivity index is 2.49. The molecule has 0 amide bonds. The Bertz CT molecular complexity index is 258. The first-order chi connectivity index (χ1) is 6.95. The molecule has 2 unspecified atom stereocenters. The van der Waals surface area contributed by atoms with Gasteiger partial charge in [-0.1, -0.05) is 35.6 Å². The highest BCUT2D eigenvalue weighted by Gasteiger charge is 2.29. The Morgan fingerprint density at radius 2 is 2.13 bits per heavy atom. The minimum atomic E-state index is -0.352. The lowest BCUT2D eigenvalue weighted by Crippen LogP contribution is -2.30. The van der Waals surface area contributed by atoms with Gasteiger partial charge in [-0.15, -0.1) is 0 Å². The third-order valence-corrected chi connectivity index (χ3v) is 3.99. The van der Waals surface area contributed by atoms with Crippen LogP contribution in [0, 0.1) is 5.41 Å². The molecule has 0 radical (unpaired) electrons. The molecule has 0 fully saturated rings. The van der Waals surface area contributed by atoms with E-state index in [-0.39, 0.29) is 17.5 Å². The van der Waals surface area contributed by atoms with E-state index in [9.17, 15) is 4.79 Å². The number of hydrogen-bond acceptors (Lipinski definition) is 2. The summed E-state index contributed by atoms with van der Waals surface area (Å²) in [6.45, 7) is 5.88. The van der Waals surface area contributed by atoms with Crippen molar-refractivity contribution in [2.45, 2.75) is 50.1 Å². The summed E-state index contributed by atoms with van der Waals surface area (Å²) >= 11 is 2.40. The van der Waals surface area contributed by atoms with Crippen LogP contribution in [0.2, 0.25) is 0 Å². The average Bonchev–Trinajstić information content (AvgIpc) is 2.21. The zero-order valence-corrected chi connectivity index (χ0v) is 11.8. The molecule has 0 saturated heterocycles. The second kappa shape index (κ2) is 5.32. The Labute approximate surface area is 106 Å². The molecule has 2 nitrogen and oxygen atoms in total. The monoisotopic (exact) mass is 322 g/mol. The molecule has 0 aromatic rings. The van der Waals surface area contributed by atoms with Gasteiger partial charge in [-0.05, 0) is 39.2 Å². The zero-order chi connectivity index (χ0) is 11.5. The predicted octanol–water partition coefficient (Wildman–Crippen LogP) is 3.49. The third kappa shape index (κ3) is 3.78. The summed E-state index contributed by atoms with van der Waals surface area (Å²) in [6.07, 6.45) is 7.01. The minimum absolute atomic E-state index is 0.00524. The van der Waals surface area contributed by atoms with Gasteiger partial charge in [-0.3, -0.25) is 4.79 Å². The molecule has 0 bridgehead atoms. The van der Waals surface area contributed by atoms with Gasteiger partial charge in [-0.2, -0.15) is 0 Å². The number of esters is 1. The lowest BCUT2D eigenvalue weighted by Gasteiger charge is -2.26. The van der Waals surface area contributed by atoms with Crippen molar-refractivity contribution in [1.82, 2.24) is 0 Å². The van der Waals surface area contributed by atoms with Gasteiger partial charge in [0.25, 0.3) is 0 Å². The van der Waals surface area contributed by atoms with E-state index in [1.54, 1.807) is 0 Å². The Morgan fingerprint density at radius 3 is 2.60 bits per heavy atom. The van der Waals surface area contributed by atoms with Crippen molar-refractivity contribution in [2.24, 2.45) is 5.41 Å². The molecule has 0 saturated carbocycles. The van der Waals surface area contributed by atoms with Crippen LogP contribution in [0.25, 0.3) is 0 Å². The summed E-state index contributed by atoms with van der Waals surface area (Å²) in [5.41, 5.74) is -0.352. The fourth-order valence-corrected chi connectivity index (χ4v) is 1.90. The number of carbonyl (C=O) groups is 1. The number of halogens is 1. The van der Waals surface area contributed by atoms with Gasteiger partial charge in [0.05, 0.1) is 5.41 Å². The lowest BCUT2D eigenvalue weighted by molar-refractivity contribution is -0.157. The van der Waals surface area contributed by atoms with Crippen LogP contribution in [-0.2, 0) is 9.53 Å². The van der Waals surface area contributed by atoms with Crippen LogP contribution in [0.15, 0.2) is 12.2 Å². The first-order valence-corrected chi connectivity index (χ1v) is 6.73. The molecular weight excluding hydrogens is 303 g/mol. The zero-order valence-electron chi connectivity index (χ0n) is 9.63. The lowest BCUT2D eigenvalue weighted by atomic mass is 9.90. The fraction of sp³-hybridized carbons (Fsp3) is 0.750. The number of rotatable bonds is 3. The van der Waals surface area contributed by atoms with Crippen molar-refractivity contribution < 1.29 is 9.53 Å². The van der Waals surface area contributed by atoms with Gasteiger partial charge >= 0.3 is 5.97 Å². The second-order valence-electron chi connectivity index (χ2n) is 4.66. The summed E-state index contributed by atoms with van der Waals surface area (Å²) in [7, 11) is 0. The van der Waals surface area contributed by atoms with E-state index < -0.39 is 0 Å². The van der Waals surface area contributed by atoms with Gasteiger partial charge in [-0.25, -0.2) is 0 Å². The SMILES string of the molecule is CCC(C)(C)C(=O)OC1C=CC(I)CC1. The van der Waals surface area contributed by atoms with Crippen LogP contribution in [0.5, 0.6) is 0 Å². The highest BCUT2D eigenvalue weighted by atomic mass is 127. The number of hydrogen-bond donors (Lipinski definition) is 0. The molecule has 0 N–H and O–H groups in total. The summed E-state index contributed by atoms with van der Waals surface area (Å²) in [6, 6.07) is 0. The van der Waals surface area contributed by atoms with Crippen LogP contribution >= 0.6 is 22.6 Å². The summed E-state index contributed by atoms with van der Waals surface area (Å²) in [5, 5.41) is 0. The van der Waals surface area contributed by atoms with Crippen LogP contribution < -0.4 is 0 Å². The van der Waals surface area contributed by atoms with Crippen molar-refractivity contribution in [3.63, 3.8) is 0 Å². The molecule has 0 spiro atoms. The molecule has 1 rings (SSSR count). The summed E-state index contributed by atoms with van der Waals surface area (Å²) in [4.78, 5) is 11.8. The van der Waals surface area contributed by atoms with E-state index in [4.69, 9.17) is 4.74 Å². The summed E-state index contributed by atoms with van der Waals surface area (Å²) < 4.78 is 6.06. The van der Waals surface area contributed by atoms with E-state index in [1.165, 1.54) is 0 Å². The molecule has 0 aromatic heterocycles. The predicted molar refractivity (Wildman–Crippen MR) is 70.1 cm³/mol. The molecular formula is C12H19IO2. The van der Waals surface area contributed by atoms with E-state index >= 15 is 0 Å². The Hall–Kier alpha value is -0.0600. The van der Waals surface area contributed by atoms with Crippen LogP contribution in [0.1, 0.15) is 40.0 Å². The van der Waals surface area contributed by atoms with Gasteiger partial charge < -0.3 is 4.74 Å². The normalized spacial score (nSPS) is 26.4. The molecule has 0 aliphatic heterocycles. The van der Waals surface area contributed by atoms with Crippen LogP contribution in [0.4, 0.5) is 0 Å². The third-order valence-electron chi connectivity index (χ3n) is 2.96. The van der Waals surface area contributed by atoms with E-state index in [0.29, 0.717) is 3.92 Å². The fourth-order valence-electron chi connectivity index (χ4n) is 1.30. The number of allylic oxidation sites excluding steroid dienone is 1.